The van der Waals surface area contributed by atoms with Crippen LogP contribution in [0.5, 0.6) is 0 Å². The van der Waals surface area contributed by atoms with Crippen LogP contribution in [0.25, 0.3) is 11.5 Å². The van der Waals surface area contributed by atoms with Crippen molar-refractivity contribution in [1.29, 1.82) is 0 Å². The second-order valence-corrected chi connectivity index (χ2v) is 8.64. The lowest BCUT2D eigenvalue weighted by molar-refractivity contribution is -0.0207. The monoisotopic (exact) mass is 342 g/mol. The minimum atomic E-state index is 0.369. The molecule has 4 heteroatoms. The van der Waals surface area contributed by atoms with E-state index in [1.807, 2.05) is 24.3 Å². The molecule has 0 radical (unpaired) electrons. The minimum Gasteiger partial charge on any atom is -0.444 e. The Hall–Kier alpha value is -1.32. The summed E-state index contributed by atoms with van der Waals surface area (Å²) < 4.78 is 5.67. The number of hydrogen-bond donors (Lipinski definition) is 1. The van der Waals surface area contributed by atoms with Crippen LogP contribution in [-0.4, -0.2) is 10.5 Å². The van der Waals surface area contributed by atoms with Crippen molar-refractivity contribution in [2.45, 2.75) is 50.6 Å². The fourth-order valence-electron chi connectivity index (χ4n) is 5.72. The average Bonchev–Trinajstić information content (AvgIpc) is 3.01. The van der Waals surface area contributed by atoms with Gasteiger partial charge in [-0.2, -0.15) is 0 Å². The van der Waals surface area contributed by atoms with Crippen LogP contribution in [0, 0.1) is 17.8 Å². The number of benzene rings is 1. The topological polar surface area (TPSA) is 38.1 Å². The summed E-state index contributed by atoms with van der Waals surface area (Å²) in [4.78, 5) is 4.66. The lowest BCUT2D eigenvalue weighted by atomic mass is 9.53. The molecule has 4 aliphatic rings. The van der Waals surface area contributed by atoms with Crippen molar-refractivity contribution in [1.82, 2.24) is 10.3 Å². The molecule has 0 spiro atoms. The zero-order valence-electron chi connectivity index (χ0n) is 13.8. The number of nitrogens with zero attached hydrogens (tertiary/aromatic N) is 1. The largest absolute Gasteiger partial charge is 0.444 e. The lowest BCUT2D eigenvalue weighted by Gasteiger charge is -2.57. The summed E-state index contributed by atoms with van der Waals surface area (Å²) in [5, 5.41) is 4.60. The van der Waals surface area contributed by atoms with Gasteiger partial charge in [0.05, 0.1) is 5.69 Å². The van der Waals surface area contributed by atoms with E-state index in [0.29, 0.717) is 11.4 Å². The molecule has 4 bridgehead atoms. The van der Waals surface area contributed by atoms with Crippen molar-refractivity contribution >= 4 is 11.6 Å². The summed E-state index contributed by atoms with van der Waals surface area (Å²) in [7, 11) is 0. The van der Waals surface area contributed by atoms with Crippen LogP contribution < -0.4 is 5.32 Å². The normalized spacial score (nSPS) is 34.0. The molecule has 4 saturated carbocycles. The Balaban J connectivity index is 1.28. The maximum Gasteiger partial charge on any atom is 0.226 e. The fraction of sp³-hybridized carbons (Fsp3) is 0.550. The van der Waals surface area contributed by atoms with Gasteiger partial charge in [0.15, 0.2) is 0 Å². The zero-order chi connectivity index (χ0) is 16.1. The van der Waals surface area contributed by atoms with Crippen LogP contribution >= 0.6 is 11.6 Å². The SMILES string of the molecule is Clc1ccc(-c2nc(CNC34CC5CC(CC(C5)C3)C4)co2)cc1. The Morgan fingerprint density at radius 3 is 2.29 bits per heavy atom. The Bertz CT molecular complexity index is 701. The van der Waals surface area contributed by atoms with Crippen LogP contribution in [0.4, 0.5) is 0 Å². The van der Waals surface area contributed by atoms with E-state index in [0.717, 1.165) is 40.6 Å². The van der Waals surface area contributed by atoms with Gasteiger partial charge in [-0.15, -0.1) is 0 Å². The molecule has 4 fully saturated rings. The van der Waals surface area contributed by atoms with Gasteiger partial charge in [-0.25, -0.2) is 4.98 Å². The van der Waals surface area contributed by atoms with Crippen molar-refractivity contribution < 1.29 is 4.42 Å². The highest BCUT2D eigenvalue weighted by Crippen LogP contribution is 2.55. The van der Waals surface area contributed by atoms with Crippen molar-refractivity contribution in [2.75, 3.05) is 0 Å². The molecule has 0 saturated heterocycles. The van der Waals surface area contributed by atoms with Crippen LogP contribution in [0.2, 0.25) is 5.02 Å². The van der Waals surface area contributed by atoms with E-state index in [2.05, 4.69) is 10.3 Å². The first kappa shape index (κ1) is 15.0. The van der Waals surface area contributed by atoms with Crippen molar-refractivity contribution in [3.05, 3.63) is 41.2 Å². The maximum absolute atomic E-state index is 5.94. The number of halogens is 1. The number of hydrogen-bond acceptors (Lipinski definition) is 3. The molecule has 24 heavy (non-hydrogen) atoms. The number of aromatic nitrogens is 1. The van der Waals surface area contributed by atoms with Crippen molar-refractivity contribution in [3.63, 3.8) is 0 Å². The second kappa shape index (κ2) is 5.60. The molecule has 1 aromatic heterocycles. The first-order chi connectivity index (χ1) is 11.7. The Morgan fingerprint density at radius 1 is 1.04 bits per heavy atom. The second-order valence-electron chi connectivity index (χ2n) is 8.20. The molecular weight excluding hydrogens is 320 g/mol. The summed E-state index contributed by atoms with van der Waals surface area (Å²) in [5.74, 6) is 3.57. The molecule has 1 N–H and O–H groups in total. The van der Waals surface area contributed by atoms with Gasteiger partial charge in [-0.1, -0.05) is 11.6 Å². The molecule has 0 aliphatic heterocycles. The Morgan fingerprint density at radius 2 is 1.67 bits per heavy atom. The number of nitrogens with one attached hydrogen (secondary N) is 1. The predicted octanol–water partition coefficient (Wildman–Crippen LogP) is 5.05. The van der Waals surface area contributed by atoms with Gasteiger partial charge >= 0.3 is 0 Å². The van der Waals surface area contributed by atoms with Crippen LogP contribution in [0.1, 0.15) is 44.2 Å². The molecule has 3 nitrogen and oxygen atoms in total. The summed E-state index contributed by atoms with van der Waals surface area (Å²) >= 11 is 5.94. The standard InChI is InChI=1S/C20H23ClN2O/c21-17-3-1-16(2-4-17)19-23-18(12-24-19)11-22-20-8-13-5-14(9-20)7-15(6-13)10-20/h1-4,12-15,22H,5-11H2. The number of oxazole rings is 1. The smallest absolute Gasteiger partial charge is 0.226 e. The Kier molecular flexibility index (Phi) is 3.50. The molecule has 4 aliphatic carbocycles. The highest BCUT2D eigenvalue weighted by Gasteiger charge is 2.50. The van der Waals surface area contributed by atoms with E-state index < -0.39 is 0 Å². The van der Waals surface area contributed by atoms with E-state index in [1.54, 1.807) is 6.26 Å². The third kappa shape index (κ3) is 2.68. The quantitative estimate of drug-likeness (QED) is 0.844. The van der Waals surface area contributed by atoms with Gasteiger partial charge in [0.2, 0.25) is 5.89 Å². The zero-order valence-corrected chi connectivity index (χ0v) is 14.6. The first-order valence-corrected chi connectivity index (χ1v) is 9.51. The van der Waals surface area contributed by atoms with Gasteiger partial charge < -0.3 is 9.73 Å². The molecule has 0 unspecified atom stereocenters. The van der Waals surface area contributed by atoms with Gasteiger partial charge in [0.1, 0.15) is 6.26 Å². The lowest BCUT2D eigenvalue weighted by Crippen LogP contribution is -2.58. The van der Waals surface area contributed by atoms with Crippen molar-refractivity contribution in [2.24, 2.45) is 17.8 Å². The molecule has 1 aromatic carbocycles. The molecule has 0 atom stereocenters. The van der Waals surface area contributed by atoms with E-state index >= 15 is 0 Å². The summed E-state index contributed by atoms with van der Waals surface area (Å²) in [6.07, 6.45) is 10.3. The fourth-order valence-corrected chi connectivity index (χ4v) is 5.84. The minimum absolute atomic E-state index is 0.369. The molecule has 126 valence electrons. The Labute approximate surface area is 147 Å². The maximum atomic E-state index is 5.94. The summed E-state index contributed by atoms with van der Waals surface area (Å²) in [6.45, 7) is 0.809. The van der Waals surface area contributed by atoms with Gasteiger partial charge in [-0.05, 0) is 80.5 Å². The molecular formula is C20H23ClN2O. The summed E-state index contributed by atoms with van der Waals surface area (Å²) in [6, 6.07) is 7.64. The highest BCUT2D eigenvalue weighted by molar-refractivity contribution is 6.30. The third-order valence-corrected chi connectivity index (χ3v) is 6.58. The first-order valence-electron chi connectivity index (χ1n) is 9.13. The van der Waals surface area contributed by atoms with E-state index in [-0.39, 0.29) is 0 Å². The van der Waals surface area contributed by atoms with Gasteiger partial charge in [0.25, 0.3) is 0 Å². The van der Waals surface area contributed by atoms with Crippen LogP contribution in [0.15, 0.2) is 34.9 Å². The van der Waals surface area contributed by atoms with Crippen LogP contribution in [0.3, 0.4) is 0 Å². The van der Waals surface area contributed by atoms with E-state index in [1.165, 1.54) is 38.5 Å². The van der Waals surface area contributed by atoms with Gasteiger partial charge in [0, 0.05) is 22.7 Å². The van der Waals surface area contributed by atoms with Gasteiger partial charge in [-0.3, -0.25) is 0 Å². The highest BCUT2D eigenvalue weighted by atomic mass is 35.5. The summed E-state index contributed by atoms with van der Waals surface area (Å²) in [5.41, 5.74) is 2.34. The predicted molar refractivity (Wildman–Crippen MR) is 94.7 cm³/mol. The van der Waals surface area contributed by atoms with E-state index in [9.17, 15) is 0 Å². The number of rotatable bonds is 4. The van der Waals surface area contributed by atoms with Crippen molar-refractivity contribution in [3.8, 4) is 11.5 Å². The van der Waals surface area contributed by atoms with Crippen LogP contribution in [-0.2, 0) is 6.54 Å². The average molecular weight is 343 g/mol. The molecule has 1 heterocycles. The molecule has 2 aromatic rings. The third-order valence-electron chi connectivity index (χ3n) is 6.33. The molecule has 6 rings (SSSR count). The van der Waals surface area contributed by atoms with E-state index in [4.69, 9.17) is 16.0 Å². The molecule has 0 amide bonds.